The molecule has 116 valence electrons. The highest BCUT2D eigenvalue weighted by Crippen LogP contribution is 2.28. The Balaban J connectivity index is 2.83. The number of carbonyl (C=O) groups excluding carboxylic acids is 1. The smallest absolute Gasteiger partial charge is 0.311 e. The molecule has 0 saturated carbocycles. The molecular formula is C13H17NO6S. The minimum atomic E-state index is -1.33. The molecule has 0 spiro atoms. The molecule has 0 aromatic heterocycles. The van der Waals surface area contributed by atoms with Gasteiger partial charge in [-0.2, -0.15) is 0 Å². The topological polar surface area (TPSA) is 95.7 Å². The quantitative estimate of drug-likeness (QED) is 0.432. The van der Waals surface area contributed by atoms with Crippen molar-refractivity contribution in [1.82, 2.24) is 0 Å². The fourth-order valence-corrected chi connectivity index (χ4v) is 2.80. The van der Waals surface area contributed by atoms with E-state index in [1.165, 1.54) is 26.4 Å². The Hall–Kier alpha value is -1.96. The monoisotopic (exact) mass is 315 g/mol. The lowest BCUT2D eigenvalue weighted by Gasteiger charge is -2.10. The van der Waals surface area contributed by atoms with Gasteiger partial charge in [-0.05, 0) is 11.6 Å². The molecule has 7 nitrogen and oxygen atoms in total. The van der Waals surface area contributed by atoms with Crippen LogP contribution in [0.15, 0.2) is 18.2 Å². The van der Waals surface area contributed by atoms with Crippen LogP contribution in [0.1, 0.15) is 18.9 Å². The standard InChI is InChI=1S/C13H17NO6S/c1-9(6-13(15)20-3)21(18)8-10-4-5-12(19-2)11(7-10)14(16)17/h4-5,7,9H,6,8H2,1-3H3. The predicted octanol–water partition coefficient (Wildman–Crippen LogP) is 1.80. The lowest BCUT2D eigenvalue weighted by Crippen LogP contribution is -2.18. The summed E-state index contributed by atoms with van der Waals surface area (Å²) in [5.74, 6) is -0.156. The summed E-state index contributed by atoms with van der Waals surface area (Å²) >= 11 is 0. The first-order valence-corrected chi connectivity index (χ1v) is 7.52. The Labute approximate surface area is 124 Å². The van der Waals surface area contributed by atoms with Crippen LogP contribution in [0.3, 0.4) is 0 Å². The van der Waals surface area contributed by atoms with Gasteiger partial charge in [0.1, 0.15) is 0 Å². The SMILES string of the molecule is COC(=O)CC(C)S(=O)Cc1ccc(OC)c([N+](=O)[O-])c1. The largest absolute Gasteiger partial charge is 0.490 e. The lowest BCUT2D eigenvalue weighted by molar-refractivity contribution is -0.385. The predicted molar refractivity (Wildman–Crippen MR) is 77.6 cm³/mol. The molecule has 1 aromatic carbocycles. The van der Waals surface area contributed by atoms with Crippen LogP contribution in [0, 0.1) is 10.1 Å². The van der Waals surface area contributed by atoms with Crippen LogP contribution < -0.4 is 4.74 Å². The summed E-state index contributed by atoms with van der Waals surface area (Å²) in [4.78, 5) is 21.5. The van der Waals surface area contributed by atoms with Crippen LogP contribution in [0.25, 0.3) is 0 Å². The van der Waals surface area contributed by atoms with Crippen LogP contribution in [0.2, 0.25) is 0 Å². The van der Waals surface area contributed by atoms with Crippen LogP contribution in [-0.2, 0) is 26.1 Å². The number of benzene rings is 1. The number of nitrogens with zero attached hydrogens (tertiary/aromatic N) is 1. The molecular weight excluding hydrogens is 298 g/mol. The van der Waals surface area contributed by atoms with Crippen molar-refractivity contribution in [3.8, 4) is 5.75 Å². The number of esters is 1. The third-order valence-corrected chi connectivity index (χ3v) is 4.56. The highest BCUT2D eigenvalue weighted by molar-refractivity contribution is 7.84. The number of rotatable bonds is 7. The van der Waals surface area contributed by atoms with Gasteiger partial charge in [-0.25, -0.2) is 0 Å². The van der Waals surface area contributed by atoms with E-state index >= 15 is 0 Å². The maximum absolute atomic E-state index is 12.1. The Morgan fingerprint density at radius 1 is 1.43 bits per heavy atom. The maximum Gasteiger partial charge on any atom is 0.311 e. The average molecular weight is 315 g/mol. The summed E-state index contributed by atoms with van der Waals surface area (Å²) in [5, 5.41) is 10.5. The van der Waals surface area contributed by atoms with Gasteiger partial charge in [0.15, 0.2) is 5.75 Å². The van der Waals surface area contributed by atoms with Crippen molar-refractivity contribution in [2.24, 2.45) is 0 Å². The molecule has 0 aliphatic heterocycles. The number of hydrogen-bond donors (Lipinski definition) is 0. The van der Waals surface area contributed by atoms with E-state index < -0.39 is 26.9 Å². The summed E-state index contributed by atoms with van der Waals surface area (Å²) in [6.45, 7) is 1.67. The molecule has 0 N–H and O–H groups in total. The highest BCUT2D eigenvalue weighted by Gasteiger charge is 2.19. The zero-order valence-electron chi connectivity index (χ0n) is 12.0. The van der Waals surface area contributed by atoms with Crippen molar-refractivity contribution in [1.29, 1.82) is 0 Å². The van der Waals surface area contributed by atoms with E-state index in [1.54, 1.807) is 13.0 Å². The maximum atomic E-state index is 12.1. The molecule has 0 aliphatic carbocycles. The number of nitro groups is 1. The number of nitro benzene ring substituents is 1. The van der Waals surface area contributed by atoms with Crippen molar-refractivity contribution in [3.05, 3.63) is 33.9 Å². The van der Waals surface area contributed by atoms with E-state index in [4.69, 9.17) is 4.74 Å². The van der Waals surface area contributed by atoms with Gasteiger partial charge in [0.05, 0.1) is 25.6 Å². The second-order valence-electron chi connectivity index (χ2n) is 4.38. The lowest BCUT2D eigenvalue weighted by atomic mass is 10.2. The Morgan fingerprint density at radius 2 is 2.10 bits per heavy atom. The van der Waals surface area contributed by atoms with E-state index in [0.717, 1.165) is 0 Å². The zero-order chi connectivity index (χ0) is 16.0. The minimum Gasteiger partial charge on any atom is -0.490 e. The summed E-state index contributed by atoms with van der Waals surface area (Å²) < 4.78 is 21.5. The highest BCUT2D eigenvalue weighted by atomic mass is 32.2. The van der Waals surface area contributed by atoms with Gasteiger partial charge in [0, 0.05) is 27.9 Å². The first-order valence-electron chi connectivity index (χ1n) is 6.14. The van der Waals surface area contributed by atoms with E-state index in [-0.39, 0.29) is 23.6 Å². The van der Waals surface area contributed by atoms with Gasteiger partial charge < -0.3 is 9.47 Å². The molecule has 1 aromatic rings. The molecule has 21 heavy (non-hydrogen) atoms. The van der Waals surface area contributed by atoms with Crippen molar-refractivity contribution in [2.75, 3.05) is 14.2 Å². The third-order valence-electron chi connectivity index (χ3n) is 2.88. The Kier molecular flexibility index (Phi) is 6.29. The van der Waals surface area contributed by atoms with E-state index in [1.807, 2.05) is 0 Å². The van der Waals surface area contributed by atoms with Crippen LogP contribution in [0.4, 0.5) is 5.69 Å². The first kappa shape index (κ1) is 17.1. The van der Waals surface area contributed by atoms with Crippen LogP contribution in [-0.4, -0.2) is 34.6 Å². The molecule has 0 bridgehead atoms. The molecule has 0 fully saturated rings. The minimum absolute atomic E-state index is 0.0430. The Morgan fingerprint density at radius 3 is 2.62 bits per heavy atom. The fraction of sp³-hybridized carbons (Fsp3) is 0.462. The number of ether oxygens (including phenoxy) is 2. The third kappa shape index (κ3) is 4.82. The van der Waals surface area contributed by atoms with Crippen molar-refractivity contribution < 1.29 is 23.4 Å². The Bertz CT molecular complexity index is 560. The molecule has 2 unspecified atom stereocenters. The second-order valence-corrected chi connectivity index (χ2v) is 6.23. The molecule has 2 atom stereocenters. The van der Waals surface area contributed by atoms with Crippen molar-refractivity contribution >= 4 is 22.5 Å². The van der Waals surface area contributed by atoms with Gasteiger partial charge in [-0.15, -0.1) is 0 Å². The van der Waals surface area contributed by atoms with Crippen LogP contribution in [0.5, 0.6) is 5.75 Å². The fourth-order valence-electron chi connectivity index (χ4n) is 1.69. The molecule has 8 heteroatoms. The molecule has 0 radical (unpaired) electrons. The van der Waals surface area contributed by atoms with E-state index in [2.05, 4.69) is 4.74 Å². The molecule has 0 aliphatic rings. The second kappa shape index (κ2) is 7.72. The van der Waals surface area contributed by atoms with Gasteiger partial charge in [-0.1, -0.05) is 13.0 Å². The molecule has 0 amide bonds. The van der Waals surface area contributed by atoms with Crippen molar-refractivity contribution in [3.63, 3.8) is 0 Å². The molecule has 0 saturated heterocycles. The van der Waals surface area contributed by atoms with E-state index in [0.29, 0.717) is 5.56 Å². The van der Waals surface area contributed by atoms with Crippen molar-refractivity contribution in [2.45, 2.75) is 24.3 Å². The van der Waals surface area contributed by atoms with Gasteiger partial charge >= 0.3 is 11.7 Å². The van der Waals surface area contributed by atoms with Gasteiger partial charge in [0.25, 0.3) is 0 Å². The summed E-state index contributed by atoms with van der Waals surface area (Å²) in [6, 6.07) is 4.42. The summed E-state index contributed by atoms with van der Waals surface area (Å²) in [7, 11) is 1.28. The number of carbonyl (C=O) groups is 1. The van der Waals surface area contributed by atoms with Gasteiger partial charge in [-0.3, -0.25) is 19.1 Å². The summed E-state index contributed by atoms with van der Waals surface area (Å²) in [5.41, 5.74) is 0.380. The zero-order valence-corrected chi connectivity index (χ0v) is 12.8. The van der Waals surface area contributed by atoms with Crippen LogP contribution >= 0.6 is 0 Å². The summed E-state index contributed by atoms with van der Waals surface area (Å²) in [6.07, 6.45) is 0.0430. The number of hydrogen-bond acceptors (Lipinski definition) is 6. The van der Waals surface area contributed by atoms with Gasteiger partial charge in [0.2, 0.25) is 0 Å². The number of methoxy groups -OCH3 is 2. The average Bonchev–Trinajstić information content (AvgIpc) is 2.46. The molecule has 1 rings (SSSR count). The van der Waals surface area contributed by atoms with E-state index in [9.17, 15) is 19.1 Å². The molecule has 0 heterocycles. The normalized spacial score (nSPS) is 13.3. The first-order chi connectivity index (χ1) is 9.88.